The number of benzene rings is 2. The van der Waals surface area contributed by atoms with E-state index in [4.69, 9.17) is 23.2 Å². The van der Waals surface area contributed by atoms with Gasteiger partial charge in [0.1, 0.15) is 0 Å². The molecule has 3 rings (SSSR count). The molecule has 1 aliphatic rings. The fourth-order valence-electron chi connectivity index (χ4n) is 2.65. The molecule has 0 spiro atoms. The van der Waals surface area contributed by atoms with Crippen LogP contribution in [0, 0.1) is 0 Å². The topological polar surface area (TPSA) is 41.1 Å². The maximum Gasteiger partial charge on any atom is 0.257 e. The Balaban J connectivity index is 0.00000192. The molecule has 6 heteroatoms. The second-order valence-electron chi connectivity index (χ2n) is 5.39. The van der Waals surface area contributed by atoms with Crippen LogP contribution in [0.25, 0.3) is 0 Å². The number of carbonyl (C=O) groups excluding carboxylic acids is 1. The van der Waals surface area contributed by atoms with Crippen LogP contribution in [0.2, 0.25) is 10.0 Å². The number of nitrogens with one attached hydrogen (secondary N) is 2. The Hall–Kier alpha value is -1.26. The predicted molar refractivity (Wildman–Crippen MR) is 98.3 cm³/mol. The molecule has 122 valence electrons. The molecule has 2 aromatic rings. The predicted octanol–water partition coefficient (Wildman–Crippen LogP) is 4.74. The van der Waals surface area contributed by atoms with Gasteiger partial charge in [0, 0.05) is 17.3 Å². The third-order valence-electron chi connectivity index (χ3n) is 3.88. The van der Waals surface area contributed by atoms with E-state index >= 15 is 0 Å². The van der Waals surface area contributed by atoms with Crippen molar-refractivity contribution < 1.29 is 4.79 Å². The first kappa shape index (κ1) is 18.1. The summed E-state index contributed by atoms with van der Waals surface area (Å²) in [6.45, 7) is 2.09. The fraction of sp³-hybridized carbons (Fsp3) is 0.235. The van der Waals surface area contributed by atoms with E-state index in [0.717, 1.165) is 25.2 Å². The monoisotopic (exact) mass is 370 g/mol. The number of amides is 1. The standard InChI is InChI=1S/C17H16Cl2N2O.ClH/c18-13-3-6-15(16(19)9-13)17(22)21-14-4-1-11(2-5-14)12-7-8-20-10-12;/h1-6,9,12,20H,7-8,10H2,(H,21,22);1H. The van der Waals surface area contributed by atoms with Crippen LogP contribution in [0.15, 0.2) is 42.5 Å². The zero-order chi connectivity index (χ0) is 15.5. The minimum atomic E-state index is -0.239. The van der Waals surface area contributed by atoms with Gasteiger partial charge in [-0.3, -0.25) is 4.79 Å². The lowest BCUT2D eigenvalue weighted by atomic mass is 9.98. The van der Waals surface area contributed by atoms with Gasteiger partial charge in [-0.25, -0.2) is 0 Å². The van der Waals surface area contributed by atoms with Crippen molar-refractivity contribution in [2.45, 2.75) is 12.3 Å². The van der Waals surface area contributed by atoms with Crippen molar-refractivity contribution in [2.75, 3.05) is 18.4 Å². The molecule has 1 unspecified atom stereocenters. The van der Waals surface area contributed by atoms with Crippen molar-refractivity contribution >= 4 is 47.2 Å². The average molecular weight is 372 g/mol. The first-order chi connectivity index (χ1) is 10.6. The van der Waals surface area contributed by atoms with E-state index in [1.54, 1.807) is 18.2 Å². The highest BCUT2D eigenvalue weighted by molar-refractivity contribution is 6.37. The minimum Gasteiger partial charge on any atom is -0.322 e. The summed E-state index contributed by atoms with van der Waals surface area (Å²) in [7, 11) is 0. The number of hydrogen-bond donors (Lipinski definition) is 2. The van der Waals surface area contributed by atoms with Gasteiger partial charge in [0.15, 0.2) is 0 Å². The molecule has 1 atom stereocenters. The molecule has 0 aromatic heterocycles. The fourth-order valence-corrected chi connectivity index (χ4v) is 3.14. The van der Waals surface area contributed by atoms with Gasteiger partial charge >= 0.3 is 0 Å². The lowest BCUT2D eigenvalue weighted by Gasteiger charge is -2.11. The summed E-state index contributed by atoms with van der Waals surface area (Å²) in [6.07, 6.45) is 1.16. The Kier molecular flexibility index (Phi) is 6.31. The zero-order valence-electron chi connectivity index (χ0n) is 12.3. The zero-order valence-corrected chi connectivity index (χ0v) is 14.6. The quantitative estimate of drug-likeness (QED) is 0.818. The van der Waals surface area contributed by atoms with Crippen LogP contribution in [-0.4, -0.2) is 19.0 Å². The molecule has 1 aliphatic heterocycles. The van der Waals surface area contributed by atoms with Gasteiger partial charge in [-0.05, 0) is 54.8 Å². The summed E-state index contributed by atoms with van der Waals surface area (Å²) in [6, 6.07) is 12.8. The molecule has 2 N–H and O–H groups in total. The number of halogens is 3. The van der Waals surface area contributed by atoms with Crippen LogP contribution >= 0.6 is 35.6 Å². The molecule has 23 heavy (non-hydrogen) atoms. The largest absolute Gasteiger partial charge is 0.322 e. The summed E-state index contributed by atoms with van der Waals surface area (Å²) in [4.78, 5) is 12.2. The van der Waals surface area contributed by atoms with Gasteiger partial charge in [-0.15, -0.1) is 12.4 Å². The summed E-state index contributed by atoms with van der Waals surface area (Å²) in [5.41, 5.74) is 2.47. The van der Waals surface area contributed by atoms with Crippen LogP contribution in [-0.2, 0) is 0 Å². The molecular formula is C17H17Cl3N2O. The first-order valence-electron chi connectivity index (χ1n) is 7.20. The van der Waals surface area contributed by atoms with E-state index in [9.17, 15) is 4.79 Å². The van der Waals surface area contributed by atoms with Crippen molar-refractivity contribution in [3.63, 3.8) is 0 Å². The van der Waals surface area contributed by atoms with E-state index in [1.807, 2.05) is 12.1 Å². The van der Waals surface area contributed by atoms with Crippen molar-refractivity contribution in [1.29, 1.82) is 0 Å². The summed E-state index contributed by atoms with van der Waals surface area (Å²) < 4.78 is 0. The van der Waals surface area contributed by atoms with Gasteiger partial charge in [-0.1, -0.05) is 35.3 Å². The van der Waals surface area contributed by atoms with Crippen LogP contribution in [0.3, 0.4) is 0 Å². The normalized spacial score (nSPS) is 16.7. The molecule has 0 saturated carbocycles. The Bertz CT molecular complexity index is 683. The van der Waals surface area contributed by atoms with Gasteiger partial charge in [0.2, 0.25) is 0 Å². The molecule has 0 aliphatic carbocycles. The highest BCUT2D eigenvalue weighted by Gasteiger charge is 2.16. The van der Waals surface area contributed by atoms with E-state index in [2.05, 4.69) is 22.8 Å². The Labute approximate surface area is 151 Å². The molecular weight excluding hydrogens is 355 g/mol. The Morgan fingerprint density at radius 2 is 1.87 bits per heavy atom. The van der Waals surface area contributed by atoms with Gasteiger partial charge in [-0.2, -0.15) is 0 Å². The first-order valence-corrected chi connectivity index (χ1v) is 7.96. The van der Waals surface area contributed by atoms with Crippen LogP contribution in [0.4, 0.5) is 5.69 Å². The SMILES string of the molecule is Cl.O=C(Nc1ccc(C2CCNC2)cc1)c1ccc(Cl)cc1Cl. The van der Waals surface area contributed by atoms with Crippen molar-refractivity contribution in [2.24, 2.45) is 0 Å². The number of rotatable bonds is 3. The number of anilines is 1. The summed E-state index contributed by atoms with van der Waals surface area (Å²) in [5.74, 6) is 0.326. The average Bonchev–Trinajstić information content (AvgIpc) is 3.02. The molecule has 3 nitrogen and oxygen atoms in total. The van der Waals surface area contributed by atoms with Crippen molar-refractivity contribution in [3.05, 3.63) is 63.6 Å². The van der Waals surface area contributed by atoms with Crippen LogP contribution < -0.4 is 10.6 Å². The van der Waals surface area contributed by atoms with Crippen molar-refractivity contribution in [3.8, 4) is 0 Å². The van der Waals surface area contributed by atoms with E-state index in [1.165, 1.54) is 5.56 Å². The maximum absolute atomic E-state index is 12.2. The lowest BCUT2D eigenvalue weighted by Crippen LogP contribution is -2.12. The van der Waals surface area contributed by atoms with E-state index < -0.39 is 0 Å². The summed E-state index contributed by atoms with van der Waals surface area (Å²) in [5, 5.41) is 7.07. The molecule has 1 fully saturated rings. The Morgan fingerprint density at radius 1 is 1.13 bits per heavy atom. The minimum absolute atomic E-state index is 0. The molecule has 1 saturated heterocycles. The molecule has 1 heterocycles. The van der Waals surface area contributed by atoms with Gasteiger partial charge < -0.3 is 10.6 Å². The third kappa shape index (κ3) is 4.39. The smallest absolute Gasteiger partial charge is 0.257 e. The summed E-state index contributed by atoms with van der Waals surface area (Å²) >= 11 is 11.9. The van der Waals surface area contributed by atoms with E-state index in [-0.39, 0.29) is 18.3 Å². The Morgan fingerprint density at radius 3 is 2.48 bits per heavy atom. The second kappa shape index (κ2) is 8.02. The van der Waals surface area contributed by atoms with Gasteiger partial charge in [0.05, 0.1) is 10.6 Å². The highest BCUT2D eigenvalue weighted by atomic mass is 35.5. The molecule has 2 aromatic carbocycles. The number of carbonyl (C=O) groups is 1. The van der Waals surface area contributed by atoms with Crippen molar-refractivity contribution in [1.82, 2.24) is 5.32 Å². The van der Waals surface area contributed by atoms with Gasteiger partial charge in [0.25, 0.3) is 5.91 Å². The molecule has 1 amide bonds. The highest BCUT2D eigenvalue weighted by Crippen LogP contribution is 2.25. The van der Waals surface area contributed by atoms with E-state index in [0.29, 0.717) is 21.5 Å². The second-order valence-corrected chi connectivity index (χ2v) is 6.23. The maximum atomic E-state index is 12.2. The molecule has 0 radical (unpaired) electrons. The van der Waals surface area contributed by atoms with Crippen LogP contribution in [0.5, 0.6) is 0 Å². The van der Waals surface area contributed by atoms with Crippen LogP contribution in [0.1, 0.15) is 28.3 Å². The third-order valence-corrected chi connectivity index (χ3v) is 4.42. The molecule has 0 bridgehead atoms. The lowest BCUT2D eigenvalue weighted by molar-refractivity contribution is 0.102. The number of hydrogen-bond acceptors (Lipinski definition) is 2.